The lowest BCUT2D eigenvalue weighted by atomic mass is 10.1. The Morgan fingerprint density at radius 2 is 1.97 bits per heavy atom. The van der Waals surface area contributed by atoms with Crippen LogP contribution in [0.5, 0.6) is 0 Å². The molecule has 0 aliphatic carbocycles. The van der Waals surface area contributed by atoms with E-state index in [1.165, 1.54) is 0 Å². The molecule has 2 aliphatic rings. The number of fused-ring (bicyclic) bond motifs is 3. The summed E-state index contributed by atoms with van der Waals surface area (Å²) >= 11 is 6.25. The first-order chi connectivity index (χ1) is 14.4. The van der Waals surface area contributed by atoms with Gasteiger partial charge in [-0.05, 0) is 25.1 Å². The summed E-state index contributed by atoms with van der Waals surface area (Å²) in [7, 11) is 1.78. The largest absolute Gasteiger partial charge is 0.483 e. The van der Waals surface area contributed by atoms with Crippen molar-refractivity contribution < 1.29 is 28.6 Å². The topological polar surface area (TPSA) is 100 Å². The predicted octanol–water partition coefficient (Wildman–Crippen LogP) is 2.54. The van der Waals surface area contributed by atoms with Crippen LogP contribution in [0.25, 0.3) is 11.3 Å². The quantitative estimate of drug-likeness (QED) is 0.729. The number of ether oxygens (including phenoxy) is 1. The van der Waals surface area contributed by atoms with Gasteiger partial charge < -0.3 is 24.1 Å². The first kappa shape index (κ1) is 21.9. The summed E-state index contributed by atoms with van der Waals surface area (Å²) in [6.45, 7) is 3.11. The molecule has 9 heteroatoms. The van der Waals surface area contributed by atoms with Gasteiger partial charge in [-0.2, -0.15) is 0 Å². The highest BCUT2D eigenvalue weighted by atomic mass is 35.5. The molecule has 30 heavy (non-hydrogen) atoms. The molecule has 2 amide bonds. The van der Waals surface area contributed by atoms with Gasteiger partial charge in [0.15, 0.2) is 0 Å². The summed E-state index contributed by atoms with van der Waals surface area (Å²) in [5, 5.41) is 7.46. The molecule has 2 bridgehead atoms. The standard InChI is InChI=1S/C20H21ClN2O4.CH2O2/c1-12-16(7-18(27-12)15-5-3-4-6-17(15)21)20(25)23-8-13-10-26-11-14(9-23)22(2)19(13)24;2-1-3/h3-7,13-14H,8-11H2,1-2H3;1H,(H,2,3)/t13-,14+;/m1./s1. The molecule has 8 nitrogen and oxygen atoms in total. The highest BCUT2D eigenvalue weighted by molar-refractivity contribution is 6.33. The van der Waals surface area contributed by atoms with Crippen molar-refractivity contribution in [2.45, 2.75) is 13.0 Å². The second kappa shape index (κ2) is 9.32. The van der Waals surface area contributed by atoms with E-state index in [0.29, 0.717) is 48.4 Å². The fourth-order valence-electron chi connectivity index (χ4n) is 3.72. The molecule has 1 aromatic heterocycles. The van der Waals surface area contributed by atoms with Crippen LogP contribution in [-0.2, 0) is 14.3 Å². The molecule has 2 atom stereocenters. The van der Waals surface area contributed by atoms with E-state index < -0.39 is 0 Å². The van der Waals surface area contributed by atoms with Crippen molar-refractivity contribution in [3.8, 4) is 11.3 Å². The zero-order chi connectivity index (χ0) is 21.8. The lowest BCUT2D eigenvalue weighted by Crippen LogP contribution is -2.45. The van der Waals surface area contributed by atoms with Crippen LogP contribution in [0.3, 0.4) is 0 Å². The number of carbonyl (C=O) groups is 3. The summed E-state index contributed by atoms with van der Waals surface area (Å²) < 4.78 is 11.4. The Morgan fingerprint density at radius 1 is 1.27 bits per heavy atom. The minimum atomic E-state index is -0.332. The van der Waals surface area contributed by atoms with Gasteiger partial charge in [-0.1, -0.05) is 23.7 Å². The van der Waals surface area contributed by atoms with E-state index in [0.717, 1.165) is 5.56 Å². The van der Waals surface area contributed by atoms with Crippen LogP contribution in [0.15, 0.2) is 34.7 Å². The molecule has 3 heterocycles. The van der Waals surface area contributed by atoms with Gasteiger partial charge in [0, 0.05) is 25.7 Å². The van der Waals surface area contributed by atoms with E-state index in [-0.39, 0.29) is 30.2 Å². The number of amides is 2. The second-order valence-corrected chi connectivity index (χ2v) is 7.62. The number of rotatable bonds is 2. The number of carboxylic acid groups (broad SMARTS) is 1. The van der Waals surface area contributed by atoms with Crippen molar-refractivity contribution in [3.63, 3.8) is 0 Å². The lowest BCUT2D eigenvalue weighted by Gasteiger charge is -2.29. The summed E-state index contributed by atoms with van der Waals surface area (Å²) in [6.07, 6.45) is 0. The SMILES string of the molecule is Cc1oc(-c2ccccc2Cl)cc1C(=O)N1C[C@@H]2COC[C@H](C1)N(C)C2=O.O=CO. The van der Waals surface area contributed by atoms with Gasteiger partial charge in [-0.15, -0.1) is 0 Å². The minimum Gasteiger partial charge on any atom is -0.483 e. The van der Waals surface area contributed by atoms with E-state index in [2.05, 4.69) is 0 Å². The van der Waals surface area contributed by atoms with Crippen LogP contribution in [0.2, 0.25) is 5.02 Å². The maximum atomic E-state index is 13.2. The first-order valence-corrected chi connectivity index (χ1v) is 9.82. The third-order valence-corrected chi connectivity index (χ3v) is 5.65. The molecular formula is C21H23ClN2O6. The Morgan fingerprint density at radius 3 is 2.67 bits per heavy atom. The maximum Gasteiger partial charge on any atom is 0.290 e. The van der Waals surface area contributed by atoms with Gasteiger partial charge in [0.2, 0.25) is 5.91 Å². The van der Waals surface area contributed by atoms with E-state index in [1.54, 1.807) is 35.9 Å². The highest BCUT2D eigenvalue weighted by Crippen LogP contribution is 2.32. The second-order valence-electron chi connectivity index (χ2n) is 7.21. The molecule has 160 valence electrons. The molecule has 2 saturated heterocycles. The monoisotopic (exact) mass is 434 g/mol. The van der Waals surface area contributed by atoms with Crippen molar-refractivity contribution in [1.82, 2.24) is 9.80 Å². The number of hydrogen-bond acceptors (Lipinski definition) is 5. The van der Waals surface area contributed by atoms with E-state index in [9.17, 15) is 9.59 Å². The van der Waals surface area contributed by atoms with Crippen molar-refractivity contribution in [3.05, 3.63) is 46.7 Å². The number of nitrogens with zero attached hydrogens (tertiary/aromatic N) is 2. The number of likely N-dealkylation sites (N-methyl/N-ethyl adjacent to an activating group) is 1. The summed E-state index contributed by atoms with van der Waals surface area (Å²) in [6, 6.07) is 8.96. The summed E-state index contributed by atoms with van der Waals surface area (Å²) in [5.74, 6) is 0.679. The molecule has 0 spiro atoms. The lowest BCUT2D eigenvalue weighted by molar-refractivity contribution is -0.134. The summed E-state index contributed by atoms with van der Waals surface area (Å²) in [4.78, 5) is 37.5. The predicted molar refractivity (Wildman–Crippen MR) is 109 cm³/mol. The molecule has 2 aromatic rings. The number of carbonyl (C=O) groups excluding carboxylic acids is 2. The van der Waals surface area contributed by atoms with Gasteiger partial charge in [-0.3, -0.25) is 14.4 Å². The van der Waals surface area contributed by atoms with Gasteiger partial charge in [0.05, 0.1) is 35.8 Å². The van der Waals surface area contributed by atoms with E-state index >= 15 is 0 Å². The average molecular weight is 435 g/mol. The van der Waals surface area contributed by atoms with Gasteiger partial charge in [0.25, 0.3) is 12.4 Å². The van der Waals surface area contributed by atoms with E-state index in [1.807, 2.05) is 18.2 Å². The molecule has 0 saturated carbocycles. The van der Waals surface area contributed by atoms with Crippen molar-refractivity contribution in [1.29, 1.82) is 0 Å². The number of hydrogen-bond donors (Lipinski definition) is 1. The zero-order valence-electron chi connectivity index (χ0n) is 16.7. The van der Waals surface area contributed by atoms with Crippen LogP contribution in [0.4, 0.5) is 0 Å². The molecule has 1 N–H and O–H groups in total. The Labute approximate surface area is 179 Å². The Balaban J connectivity index is 0.000000806. The van der Waals surface area contributed by atoms with Gasteiger partial charge >= 0.3 is 0 Å². The number of benzene rings is 1. The number of halogens is 1. The van der Waals surface area contributed by atoms with Crippen LogP contribution < -0.4 is 0 Å². The third-order valence-electron chi connectivity index (χ3n) is 5.32. The molecule has 0 unspecified atom stereocenters. The molecule has 2 fully saturated rings. The number of aryl methyl sites for hydroxylation is 1. The van der Waals surface area contributed by atoms with Crippen LogP contribution >= 0.6 is 11.6 Å². The number of furan rings is 1. The average Bonchev–Trinajstić information content (AvgIpc) is 2.97. The smallest absolute Gasteiger partial charge is 0.290 e. The third kappa shape index (κ3) is 4.34. The fourth-order valence-corrected chi connectivity index (χ4v) is 3.95. The van der Waals surface area contributed by atoms with Crippen LogP contribution in [0.1, 0.15) is 16.1 Å². The molecule has 0 radical (unpaired) electrons. The normalized spacial score (nSPS) is 20.8. The van der Waals surface area contributed by atoms with Gasteiger partial charge in [-0.25, -0.2) is 0 Å². The molecule has 1 aromatic carbocycles. The Kier molecular flexibility index (Phi) is 6.79. The fraction of sp³-hybridized carbons (Fsp3) is 0.381. The molecular weight excluding hydrogens is 412 g/mol. The molecule has 4 rings (SSSR count). The van der Waals surface area contributed by atoms with Crippen LogP contribution in [-0.4, -0.2) is 72.6 Å². The maximum absolute atomic E-state index is 13.2. The Bertz CT molecular complexity index is 943. The van der Waals surface area contributed by atoms with Crippen molar-refractivity contribution in [2.75, 3.05) is 33.4 Å². The van der Waals surface area contributed by atoms with Gasteiger partial charge in [0.1, 0.15) is 11.5 Å². The summed E-state index contributed by atoms with van der Waals surface area (Å²) in [5.41, 5.74) is 1.25. The van der Waals surface area contributed by atoms with E-state index in [4.69, 9.17) is 30.7 Å². The highest BCUT2D eigenvalue weighted by Gasteiger charge is 2.39. The van der Waals surface area contributed by atoms with Crippen molar-refractivity contribution >= 4 is 29.9 Å². The zero-order valence-corrected chi connectivity index (χ0v) is 17.5. The Hall–Kier alpha value is -2.84. The molecule has 2 aliphatic heterocycles. The van der Waals surface area contributed by atoms with Crippen LogP contribution in [0, 0.1) is 12.8 Å². The first-order valence-electron chi connectivity index (χ1n) is 9.44. The van der Waals surface area contributed by atoms with Crippen molar-refractivity contribution in [2.24, 2.45) is 5.92 Å². The minimum absolute atomic E-state index is 0.0356.